The predicted molar refractivity (Wildman–Crippen MR) is 148 cm³/mol. The largest absolute Gasteiger partial charge is 0.495 e. The summed E-state index contributed by atoms with van der Waals surface area (Å²) in [6, 6.07) is 10.4. The lowest BCUT2D eigenvalue weighted by Crippen LogP contribution is -2.55. The zero-order valence-electron chi connectivity index (χ0n) is 22.0. The van der Waals surface area contributed by atoms with E-state index >= 15 is 0 Å². The molecule has 2 aromatic carbocycles. The average Bonchev–Trinajstić information content (AvgIpc) is 3.32. The second-order valence-corrected chi connectivity index (χ2v) is 10.1. The average molecular weight is 574 g/mol. The Bertz CT molecular complexity index is 1270. The van der Waals surface area contributed by atoms with Crippen molar-refractivity contribution < 1.29 is 34.1 Å². The number of carbonyl (C=O) groups excluding carboxylic acids is 3. The quantitative estimate of drug-likeness (QED) is 0.373. The molecule has 2 saturated heterocycles. The van der Waals surface area contributed by atoms with Crippen LogP contribution in [0.1, 0.15) is 12.0 Å². The van der Waals surface area contributed by atoms with E-state index in [0.29, 0.717) is 53.9 Å². The Morgan fingerprint density at radius 1 is 1.02 bits per heavy atom. The Labute approximate surface area is 236 Å². The van der Waals surface area contributed by atoms with E-state index in [1.807, 2.05) is 0 Å². The van der Waals surface area contributed by atoms with E-state index in [4.69, 9.17) is 21.4 Å². The summed E-state index contributed by atoms with van der Waals surface area (Å²) in [6.07, 6.45) is -0.707. The summed E-state index contributed by atoms with van der Waals surface area (Å²) in [5.74, 6) is -1.15. The molecule has 0 aromatic heterocycles. The molecule has 4 N–H and O–H groups in total. The lowest BCUT2D eigenvalue weighted by atomic mass is 10.1. The van der Waals surface area contributed by atoms with E-state index in [1.165, 1.54) is 12.0 Å². The first-order valence-corrected chi connectivity index (χ1v) is 13.2. The first-order chi connectivity index (χ1) is 19.1. The van der Waals surface area contributed by atoms with Crippen LogP contribution in [0.4, 0.5) is 16.2 Å². The third-order valence-corrected chi connectivity index (χ3v) is 7.25. The number of aliphatic hydroxyl groups is 1. The van der Waals surface area contributed by atoms with Crippen LogP contribution in [0.15, 0.2) is 42.5 Å². The molecule has 2 atom stereocenters. The topological polar surface area (TPSA) is 152 Å². The van der Waals surface area contributed by atoms with Crippen LogP contribution in [0.3, 0.4) is 0 Å². The summed E-state index contributed by atoms with van der Waals surface area (Å²) in [6.45, 7) is 1.54. The van der Waals surface area contributed by atoms with Crippen LogP contribution in [0, 0.1) is 0 Å². The number of piperazine rings is 1. The molecule has 0 radical (unpaired) electrons. The van der Waals surface area contributed by atoms with Crippen molar-refractivity contribution in [1.82, 2.24) is 14.7 Å². The number of nitrogens with zero attached hydrogens (tertiary/aromatic N) is 3. The number of anilines is 2. The predicted octanol–water partition coefficient (Wildman–Crippen LogP) is 1.73. The minimum Gasteiger partial charge on any atom is -0.495 e. The van der Waals surface area contributed by atoms with Crippen molar-refractivity contribution in [2.75, 3.05) is 57.0 Å². The van der Waals surface area contributed by atoms with E-state index < -0.39 is 24.1 Å². The SMILES string of the molecule is COc1cc(CC(=O)N2C[C@@H](O)C[C@H]2C(=O)N2CCN(CC(=O)O)CC2)ccc1NC(=O)Nc1ccccc1Cl. The van der Waals surface area contributed by atoms with Crippen LogP contribution in [-0.4, -0.2) is 107 Å². The van der Waals surface area contributed by atoms with Gasteiger partial charge in [-0.25, -0.2) is 4.79 Å². The Hall–Kier alpha value is -3.87. The fraction of sp³-hybridized carbons (Fsp3) is 0.407. The maximum absolute atomic E-state index is 13.3. The minimum absolute atomic E-state index is 0.0364. The van der Waals surface area contributed by atoms with Crippen LogP contribution in [-0.2, 0) is 20.8 Å². The highest BCUT2D eigenvalue weighted by Gasteiger charge is 2.41. The van der Waals surface area contributed by atoms with Gasteiger partial charge in [0.25, 0.3) is 0 Å². The Balaban J connectivity index is 1.38. The molecule has 13 heteroatoms. The van der Waals surface area contributed by atoms with Crippen molar-refractivity contribution in [1.29, 1.82) is 0 Å². The molecule has 0 unspecified atom stereocenters. The fourth-order valence-electron chi connectivity index (χ4n) is 4.92. The van der Waals surface area contributed by atoms with Gasteiger partial charge < -0.3 is 35.4 Å². The van der Waals surface area contributed by atoms with Crippen LogP contribution in [0.2, 0.25) is 5.02 Å². The van der Waals surface area contributed by atoms with Gasteiger partial charge in [0.2, 0.25) is 11.8 Å². The number of carbonyl (C=O) groups is 4. The summed E-state index contributed by atoms with van der Waals surface area (Å²) < 4.78 is 5.42. The molecule has 214 valence electrons. The zero-order valence-corrected chi connectivity index (χ0v) is 22.8. The standard InChI is InChI=1S/C27H32ClN5O7/c1-40-23-12-17(6-7-21(23)30-27(39)29-20-5-3-2-4-19(20)28)13-24(35)33-15-18(34)14-22(33)26(38)32-10-8-31(9-11-32)16-25(36)37/h2-7,12,18,22,34H,8-11,13-16H2,1H3,(H,36,37)(H2,29,30,39)/t18-,22-/m0/s1. The van der Waals surface area contributed by atoms with Gasteiger partial charge in [0.1, 0.15) is 11.8 Å². The number of methoxy groups -OCH3 is 1. The molecule has 0 bridgehead atoms. The number of carboxylic acid groups (broad SMARTS) is 1. The van der Waals surface area contributed by atoms with Crippen molar-refractivity contribution in [3.63, 3.8) is 0 Å². The molecule has 4 amide bonds. The van der Waals surface area contributed by atoms with Gasteiger partial charge in [0, 0.05) is 39.1 Å². The molecule has 2 aliphatic rings. The number of benzene rings is 2. The monoisotopic (exact) mass is 573 g/mol. The molecular formula is C27H32ClN5O7. The number of hydrogen-bond donors (Lipinski definition) is 4. The van der Waals surface area contributed by atoms with Gasteiger partial charge >= 0.3 is 12.0 Å². The zero-order chi connectivity index (χ0) is 28.8. The third kappa shape index (κ3) is 7.20. The van der Waals surface area contributed by atoms with Crippen LogP contribution < -0.4 is 15.4 Å². The number of amides is 4. The van der Waals surface area contributed by atoms with Crippen molar-refractivity contribution >= 4 is 46.8 Å². The van der Waals surface area contributed by atoms with Crippen molar-refractivity contribution in [2.24, 2.45) is 0 Å². The number of urea groups is 1. The highest BCUT2D eigenvalue weighted by atomic mass is 35.5. The molecule has 0 spiro atoms. The molecule has 2 fully saturated rings. The van der Waals surface area contributed by atoms with Gasteiger partial charge in [-0.1, -0.05) is 29.8 Å². The lowest BCUT2D eigenvalue weighted by molar-refractivity contribution is -0.145. The summed E-state index contributed by atoms with van der Waals surface area (Å²) in [5.41, 5.74) is 1.44. The summed E-state index contributed by atoms with van der Waals surface area (Å²) in [4.78, 5) is 54.7. The number of para-hydroxylation sites is 1. The van der Waals surface area contributed by atoms with E-state index in [1.54, 1.807) is 52.3 Å². The number of likely N-dealkylation sites (tertiary alicyclic amines) is 1. The minimum atomic E-state index is -0.920. The van der Waals surface area contributed by atoms with Gasteiger partial charge in [0.05, 0.1) is 42.6 Å². The molecule has 2 heterocycles. The second kappa shape index (κ2) is 13.0. The highest BCUT2D eigenvalue weighted by molar-refractivity contribution is 6.33. The smallest absolute Gasteiger partial charge is 0.323 e. The molecule has 2 aromatic rings. The normalized spacial score (nSPS) is 19.3. The molecule has 4 rings (SSSR count). The van der Waals surface area contributed by atoms with E-state index in [-0.39, 0.29) is 37.7 Å². The Kier molecular flexibility index (Phi) is 9.46. The first kappa shape index (κ1) is 29.1. The van der Waals surface area contributed by atoms with Gasteiger partial charge in [-0.15, -0.1) is 0 Å². The first-order valence-electron chi connectivity index (χ1n) is 12.8. The number of β-amino-alcohol motifs (C(OH)–C–C–N with tert-alkyl or cyclic N) is 1. The molecule has 12 nitrogen and oxygen atoms in total. The molecule has 0 saturated carbocycles. The maximum Gasteiger partial charge on any atom is 0.323 e. The van der Waals surface area contributed by atoms with Crippen LogP contribution in [0.25, 0.3) is 0 Å². The van der Waals surface area contributed by atoms with Crippen molar-refractivity contribution in [2.45, 2.75) is 25.0 Å². The highest BCUT2D eigenvalue weighted by Crippen LogP contribution is 2.28. The van der Waals surface area contributed by atoms with E-state index in [9.17, 15) is 24.3 Å². The molecule has 0 aliphatic carbocycles. The van der Waals surface area contributed by atoms with Crippen LogP contribution >= 0.6 is 11.6 Å². The second-order valence-electron chi connectivity index (χ2n) is 9.72. The molecule has 40 heavy (non-hydrogen) atoms. The van der Waals surface area contributed by atoms with Gasteiger partial charge in [-0.05, 0) is 29.8 Å². The third-order valence-electron chi connectivity index (χ3n) is 6.92. The summed E-state index contributed by atoms with van der Waals surface area (Å²) >= 11 is 6.09. The van der Waals surface area contributed by atoms with E-state index in [0.717, 1.165) is 0 Å². The fourth-order valence-corrected chi connectivity index (χ4v) is 5.10. The molecular weight excluding hydrogens is 542 g/mol. The number of rotatable bonds is 8. The maximum atomic E-state index is 13.3. The number of nitrogens with one attached hydrogen (secondary N) is 2. The lowest BCUT2D eigenvalue weighted by Gasteiger charge is -2.36. The number of aliphatic hydroxyl groups excluding tert-OH is 1. The van der Waals surface area contributed by atoms with Crippen LogP contribution in [0.5, 0.6) is 5.75 Å². The van der Waals surface area contributed by atoms with Gasteiger partial charge in [-0.3, -0.25) is 19.3 Å². The summed E-state index contributed by atoms with van der Waals surface area (Å²) in [5, 5.41) is 25.0. The Morgan fingerprint density at radius 3 is 2.40 bits per heavy atom. The summed E-state index contributed by atoms with van der Waals surface area (Å²) in [7, 11) is 1.44. The number of ether oxygens (including phenoxy) is 1. The van der Waals surface area contributed by atoms with Gasteiger partial charge in [0.15, 0.2) is 0 Å². The van der Waals surface area contributed by atoms with Gasteiger partial charge in [-0.2, -0.15) is 0 Å². The van der Waals surface area contributed by atoms with E-state index in [2.05, 4.69) is 10.6 Å². The van der Waals surface area contributed by atoms with Crippen molar-refractivity contribution in [3.05, 3.63) is 53.1 Å². The molecule has 2 aliphatic heterocycles. The van der Waals surface area contributed by atoms with Crippen molar-refractivity contribution in [3.8, 4) is 5.75 Å². The number of carboxylic acids is 1. The number of hydrogen-bond acceptors (Lipinski definition) is 7. The number of halogens is 1. The Morgan fingerprint density at radius 2 is 1.73 bits per heavy atom. The number of aliphatic carboxylic acids is 1.